The first-order chi connectivity index (χ1) is 7.71. The van der Waals surface area contributed by atoms with Gasteiger partial charge in [0.2, 0.25) is 0 Å². The molecule has 0 aliphatic heterocycles. The standard InChI is InChI=1S/C11H12F3NOS/c1-11(2,3)17(16)15-6-7-4-9(13)10(14)5-8(7)12/h4-6H,1-3H3/b15-6+/t17-/m1/s1. The molecule has 0 aliphatic rings. The summed E-state index contributed by atoms with van der Waals surface area (Å²) in [4.78, 5) is 0. The van der Waals surface area contributed by atoms with Gasteiger partial charge in [0.15, 0.2) is 11.6 Å². The van der Waals surface area contributed by atoms with Crippen LogP contribution in [-0.2, 0) is 11.4 Å². The van der Waals surface area contributed by atoms with Gasteiger partial charge in [0, 0.05) is 11.6 Å². The first-order valence-corrected chi connectivity index (χ1v) is 5.93. The van der Waals surface area contributed by atoms with Gasteiger partial charge in [-0.15, -0.1) is 0 Å². The Balaban J connectivity index is 2.96. The molecule has 0 spiro atoms. The summed E-state index contributed by atoms with van der Waals surface area (Å²) in [6.45, 7) is 5.09. The van der Waals surface area contributed by atoms with Crippen molar-refractivity contribution in [1.29, 1.82) is 0 Å². The average Bonchev–Trinajstić information content (AvgIpc) is 2.19. The maximum atomic E-state index is 13.2. The molecule has 6 heteroatoms. The van der Waals surface area contributed by atoms with E-state index in [4.69, 9.17) is 0 Å². The SMILES string of the molecule is CC(C)(C)[S@@+]([O-])/N=C/c1cc(F)c(F)cc1F. The van der Waals surface area contributed by atoms with Crippen molar-refractivity contribution in [3.63, 3.8) is 0 Å². The Labute approximate surface area is 101 Å². The molecule has 0 unspecified atom stereocenters. The van der Waals surface area contributed by atoms with E-state index in [-0.39, 0.29) is 5.56 Å². The second-order valence-electron chi connectivity index (χ2n) is 4.38. The van der Waals surface area contributed by atoms with Gasteiger partial charge in [-0.1, -0.05) is 4.40 Å². The Morgan fingerprint density at radius 1 is 1.12 bits per heavy atom. The van der Waals surface area contributed by atoms with Crippen LogP contribution < -0.4 is 0 Å². The molecule has 0 aliphatic carbocycles. The van der Waals surface area contributed by atoms with Crippen molar-refractivity contribution in [2.45, 2.75) is 25.5 Å². The molecular weight excluding hydrogens is 251 g/mol. The van der Waals surface area contributed by atoms with Gasteiger partial charge in [0.1, 0.15) is 21.9 Å². The topological polar surface area (TPSA) is 35.4 Å². The molecule has 0 saturated carbocycles. The zero-order valence-electron chi connectivity index (χ0n) is 9.63. The minimum Gasteiger partial charge on any atom is -0.591 e. The summed E-state index contributed by atoms with van der Waals surface area (Å²) in [5.41, 5.74) is -0.235. The lowest BCUT2D eigenvalue weighted by molar-refractivity contribution is 0.494. The van der Waals surface area contributed by atoms with Crippen molar-refractivity contribution >= 4 is 17.6 Å². The largest absolute Gasteiger partial charge is 0.591 e. The van der Waals surface area contributed by atoms with Gasteiger partial charge in [-0.25, -0.2) is 13.2 Å². The number of nitrogens with zero attached hydrogens (tertiary/aromatic N) is 1. The molecule has 0 fully saturated rings. The van der Waals surface area contributed by atoms with Crippen LogP contribution in [0.2, 0.25) is 0 Å². The third kappa shape index (κ3) is 3.74. The van der Waals surface area contributed by atoms with Gasteiger partial charge in [0.05, 0.1) is 6.21 Å². The van der Waals surface area contributed by atoms with E-state index in [0.29, 0.717) is 12.1 Å². The zero-order valence-corrected chi connectivity index (χ0v) is 10.4. The van der Waals surface area contributed by atoms with Crippen LogP contribution >= 0.6 is 0 Å². The summed E-state index contributed by atoms with van der Waals surface area (Å²) in [6, 6.07) is 1.10. The highest BCUT2D eigenvalue weighted by Crippen LogP contribution is 2.18. The lowest BCUT2D eigenvalue weighted by Gasteiger charge is -2.17. The summed E-state index contributed by atoms with van der Waals surface area (Å²) >= 11 is -1.57. The molecule has 94 valence electrons. The highest BCUT2D eigenvalue weighted by atomic mass is 32.2. The van der Waals surface area contributed by atoms with Crippen LogP contribution in [0.1, 0.15) is 26.3 Å². The Morgan fingerprint density at radius 3 is 2.18 bits per heavy atom. The summed E-state index contributed by atoms with van der Waals surface area (Å²) in [7, 11) is 0. The van der Waals surface area contributed by atoms with Crippen LogP contribution in [0.5, 0.6) is 0 Å². The van der Waals surface area contributed by atoms with Gasteiger partial charge in [-0.3, -0.25) is 0 Å². The first-order valence-electron chi connectivity index (χ1n) is 4.82. The normalized spacial score (nSPS) is 14.3. The van der Waals surface area contributed by atoms with E-state index in [1.807, 2.05) is 0 Å². The fourth-order valence-electron chi connectivity index (χ4n) is 0.900. The van der Waals surface area contributed by atoms with Crippen molar-refractivity contribution in [2.24, 2.45) is 4.40 Å². The average molecular weight is 263 g/mol. The van der Waals surface area contributed by atoms with E-state index in [1.165, 1.54) is 0 Å². The molecule has 0 aromatic heterocycles. The maximum absolute atomic E-state index is 13.2. The molecular formula is C11H12F3NOS. The van der Waals surface area contributed by atoms with Crippen molar-refractivity contribution in [2.75, 3.05) is 0 Å². The number of hydrogen-bond acceptors (Lipinski definition) is 2. The molecule has 17 heavy (non-hydrogen) atoms. The molecule has 0 N–H and O–H groups in total. The van der Waals surface area contributed by atoms with Gasteiger partial charge in [-0.05, 0) is 26.8 Å². The highest BCUT2D eigenvalue weighted by molar-refractivity contribution is 7.91. The molecule has 0 heterocycles. The Bertz CT molecular complexity index is 443. The summed E-state index contributed by atoms with van der Waals surface area (Å²) in [5, 5.41) is 0. The van der Waals surface area contributed by atoms with E-state index in [0.717, 1.165) is 6.21 Å². The molecule has 2 nitrogen and oxygen atoms in total. The highest BCUT2D eigenvalue weighted by Gasteiger charge is 2.26. The second kappa shape index (κ2) is 5.10. The lowest BCUT2D eigenvalue weighted by Crippen LogP contribution is -2.25. The van der Waals surface area contributed by atoms with Crippen LogP contribution in [0.15, 0.2) is 16.5 Å². The van der Waals surface area contributed by atoms with E-state index in [9.17, 15) is 17.7 Å². The van der Waals surface area contributed by atoms with Crippen molar-refractivity contribution in [3.05, 3.63) is 35.1 Å². The molecule has 0 radical (unpaired) electrons. The Kier molecular flexibility index (Phi) is 4.21. The maximum Gasteiger partial charge on any atom is 0.161 e. The van der Waals surface area contributed by atoms with E-state index in [1.54, 1.807) is 20.8 Å². The van der Waals surface area contributed by atoms with E-state index >= 15 is 0 Å². The van der Waals surface area contributed by atoms with Gasteiger partial charge < -0.3 is 4.55 Å². The third-order valence-electron chi connectivity index (χ3n) is 1.85. The monoisotopic (exact) mass is 263 g/mol. The predicted octanol–water partition coefficient (Wildman–Crippen LogP) is 2.99. The second-order valence-corrected chi connectivity index (χ2v) is 6.32. The number of hydrogen-bond donors (Lipinski definition) is 0. The Morgan fingerprint density at radius 2 is 1.65 bits per heavy atom. The molecule has 0 amide bonds. The molecule has 1 atom stereocenters. The summed E-state index contributed by atoms with van der Waals surface area (Å²) in [6.07, 6.45) is 0.944. The molecule has 0 bridgehead atoms. The molecule has 1 rings (SSSR count). The van der Waals surface area contributed by atoms with E-state index < -0.39 is 33.6 Å². The van der Waals surface area contributed by atoms with E-state index in [2.05, 4.69) is 4.40 Å². The number of rotatable bonds is 2. The third-order valence-corrected chi connectivity index (χ3v) is 3.20. The zero-order chi connectivity index (χ0) is 13.2. The van der Waals surface area contributed by atoms with Crippen LogP contribution in [0, 0.1) is 17.5 Å². The number of halogens is 3. The van der Waals surface area contributed by atoms with Crippen LogP contribution in [0.4, 0.5) is 13.2 Å². The van der Waals surface area contributed by atoms with Gasteiger partial charge in [-0.2, -0.15) is 0 Å². The van der Waals surface area contributed by atoms with Crippen LogP contribution in [0.3, 0.4) is 0 Å². The minimum absolute atomic E-state index is 0.235. The van der Waals surface area contributed by atoms with Crippen LogP contribution in [-0.4, -0.2) is 15.5 Å². The van der Waals surface area contributed by atoms with Crippen molar-refractivity contribution in [3.8, 4) is 0 Å². The van der Waals surface area contributed by atoms with Crippen molar-refractivity contribution in [1.82, 2.24) is 0 Å². The lowest BCUT2D eigenvalue weighted by atomic mass is 10.2. The van der Waals surface area contributed by atoms with Crippen molar-refractivity contribution < 1.29 is 17.7 Å². The smallest absolute Gasteiger partial charge is 0.161 e. The van der Waals surface area contributed by atoms with Gasteiger partial charge >= 0.3 is 0 Å². The molecule has 1 aromatic carbocycles. The molecule has 0 saturated heterocycles. The first kappa shape index (κ1) is 14.1. The van der Waals surface area contributed by atoms with Gasteiger partial charge in [0.25, 0.3) is 0 Å². The summed E-state index contributed by atoms with van der Waals surface area (Å²) in [5.74, 6) is -3.38. The predicted molar refractivity (Wildman–Crippen MR) is 61.8 cm³/mol. The fourth-order valence-corrected chi connectivity index (χ4v) is 1.43. The minimum atomic E-state index is -1.57. The number of benzene rings is 1. The fraction of sp³-hybridized carbons (Fsp3) is 0.364. The summed E-state index contributed by atoms with van der Waals surface area (Å²) < 4.78 is 53.2. The quantitative estimate of drug-likeness (QED) is 0.459. The van der Waals surface area contributed by atoms with Crippen LogP contribution in [0.25, 0.3) is 0 Å². The molecule has 1 aromatic rings. The Hall–Kier alpha value is -1.01.